The zero-order valence-electron chi connectivity index (χ0n) is 18.8. The third kappa shape index (κ3) is 4.59. The monoisotopic (exact) mass is 433 g/mol. The van der Waals surface area contributed by atoms with Crippen LogP contribution >= 0.6 is 0 Å². The molecular weight excluding hydrogens is 405 g/mol. The van der Waals surface area contributed by atoms with Gasteiger partial charge in [-0.1, -0.05) is 25.1 Å². The maximum absolute atomic E-state index is 13.6. The van der Waals surface area contributed by atoms with E-state index < -0.39 is 0 Å². The number of amides is 1. The number of carbonyl (C=O) groups excluding carboxylic acids is 1. The van der Waals surface area contributed by atoms with E-state index in [0.29, 0.717) is 18.7 Å². The molecule has 32 heavy (non-hydrogen) atoms. The van der Waals surface area contributed by atoms with Crippen LogP contribution in [0.3, 0.4) is 0 Å². The Hall–Kier alpha value is -3.41. The van der Waals surface area contributed by atoms with Gasteiger partial charge in [-0.05, 0) is 72.9 Å². The van der Waals surface area contributed by atoms with Crippen LogP contribution in [-0.2, 0) is 17.8 Å². The molecule has 1 aliphatic heterocycles. The summed E-state index contributed by atoms with van der Waals surface area (Å²) >= 11 is 0. The van der Waals surface area contributed by atoms with Crippen molar-refractivity contribution in [2.75, 3.05) is 20.2 Å². The summed E-state index contributed by atoms with van der Waals surface area (Å²) in [4.78, 5) is 14.9. The Morgan fingerprint density at radius 2 is 2.00 bits per heavy atom. The predicted molar refractivity (Wildman–Crippen MR) is 124 cm³/mol. The van der Waals surface area contributed by atoms with Crippen molar-refractivity contribution in [1.29, 1.82) is 0 Å². The highest BCUT2D eigenvalue weighted by atomic mass is 19.1. The fourth-order valence-electron chi connectivity index (χ4n) is 4.03. The minimum atomic E-state index is -0.231. The molecule has 0 atom stereocenters. The van der Waals surface area contributed by atoms with Gasteiger partial charge in [-0.3, -0.25) is 9.48 Å². The van der Waals surface area contributed by atoms with E-state index in [2.05, 4.69) is 17.2 Å². The third-order valence-electron chi connectivity index (χ3n) is 5.97. The molecule has 0 aliphatic carbocycles. The molecule has 2 aromatic carbocycles. The number of nitrogens with zero attached hydrogens (tertiary/aromatic N) is 3. The highest BCUT2D eigenvalue weighted by Crippen LogP contribution is 2.26. The lowest BCUT2D eigenvalue weighted by molar-refractivity contribution is -0.131. The van der Waals surface area contributed by atoms with Crippen LogP contribution < -0.4 is 4.74 Å². The third-order valence-corrected chi connectivity index (χ3v) is 5.97. The maximum atomic E-state index is 13.6. The maximum Gasteiger partial charge on any atom is 0.244 e. The lowest BCUT2D eigenvalue weighted by atomic mass is 9.99. The topological polar surface area (TPSA) is 47.4 Å². The molecule has 1 amide bonds. The number of halogens is 1. The summed E-state index contributed by atoms with van der Waals surface area (Å²) in [5.74, 6) is 0.649. The summed E-state index contributed by atoms with van der Waals surface area (Å²) in [5, 5.41) is 4.66. The second kappa shape index (κ2) is 9.39. The summed E-state index contributed by atoms with van der Waals surface area (Å²) in [7, 11) is 1.66. The summed E-state index contributed by atoms with van der Waals surface area (Å²) < 4.78 is 20.7. The minimum Gasteiger partial charge on any atom is -0.497 e. The average molecular weight is 434 g/mol. The molecule has 1 aliphatic rings. The van der Waals surface area contributed by atoms with Gasteiger partial charge in [0.05, 0.1) is 12.8 Å². The van der Waals surface area contributed by atoms with Gasteiger partial charge in [-0.25, -0.2) is 4.39 Å². The zero-order chi connectivity index (χ0) is 22.7. The number of rotatable bonds is 6. The Kier molecular flexibility index (Phi) is 6.40. The second-order valence-electron chi connectivity index (χ2n) is 8.05. The largest absolute Gasteiger partial charge is 0.497 e. The SMILES string of the molecule is CCc1cc(-c2ccc(F)c(C)c2)nn1CC(=O)N1CC=C(c2cccc(OC)c2)CC1. The number of hydrogen-bond acceptors (Lipinski definition) is 3. The van der Waals surface area contributed by atoms with Crippen molar-refractivity contribution >= 4 is 11.5 Å². The van der Waals surface area contributed by atoms with E-state index in [1.807, 2.05) is 36.1 Å². The first-order valence-electron chi connectivity index (χ1n) is 10.9. The minimum absolute atomic E-state index is 0.0468. The molecule has 166 valence electrons. The van der Waals surface area contributed by atoms with E-state index in [4.69, 9.17) is 4.74 Å². The number of carbonyl (C=O) groups is 1. The van der Waals surface area contributed by atoms with Crippen LogP contribution in [0.1, 0.15) is 30.2 Å². The molecule has 1 aromatic heterocycles. The van der Waals surface area contributed by atoms with Crippen LogP contribution in [-0.4, -0.2) is 40.8 Å². The number of hydrogen-bond donors (Lipinski definition) is 0. The summed E-state index contributed by atoms with van der Waals surface area (Å²) in [6.45, 7) is 5.24. The van der Waals surface area contributed by atoms with Gasteiger partial charge in [0.15, 0.2) is 0 Å². The number of aromatic nitrogens is 2. The van der Waals surface area contributed by atoms with E-state index in [1.54, 1.807) is 30.8 Å². The van der Waals surface area contributed by atoms with E-state index in [9.17, 15) is 9.18 Å². The van der Waals surface area contributed by atoms with Crippen LogP contribution in [0.25, 0.3) is 16.8 Å². The molecule has 0 saturated heterocycles. The van der Waals surface area contributed by atoms with E-state index in [-0.39, 0.29) is 18.3 Å². The molecule has 0 unspecified atom stereocenters. The Labute approximate surface area is 188 Å². The molecule has 0 radical (unpaired) electrons. The highest BCUT2D eigenvalue weighted by Gasteiger charge is 2.20. The number of ether oxygens (including phenoxy) is 1. The van der Waals surface area contributed by atoms with Crippen LogP contribution in [0.2, 0.25) is 0 Å². The quantitative estimate of drug-likeness (QED) is 0.556. The Morgan fingerprint density at radius 3 is 2.69 bits per heavy atom. The molecule has 0 spiro atoms. The van der Waals surface area contributed by atoms with Crippen molar-refractivity contribution in [1.82, 2.24) is 14.7 Å². The van der Waals surface area contributed by atoms with Gasteiger partial charge < -0.3 is 9.64 Å². The van der Waals surface area contributed by atoms with E-state index >= 15 is 0 Å². The Morgan fingerprint density at radius 1 is 1.16 bits per heavy atom. The fourth-order valence-corrected chi connectivity index (χ4v) is 4.03. The van der Waals surface area contributed by atoms with Gasteiger partial charge in [0.2, 0.25) is 5.91 Å². The highest BCUT2D eigenvalue weighted by molar-refractivity contribution is 5.78. The standard InChI is InChI=1S/C26H28FN3O2/c1-4-22-16-25(21-8-9-24(27)18(2)14-21)28-30(22)17-26(31)29-12-10-19(11-13-29)20-6-5-7-23(15-20)32-3/h5-10,14-16H,4,11-13,17H2,1-3H3. The van der Waals surface area contributed by atoms with Gasteiger partial charge in [-0.2, -0.15) is 5.10 Å². The fraction of sp³-hybridized carbons (Fsp3) is 0.308. The first kappa shape index (κ1) is 21.8. The molecular formula is C26H28FN3O2. The van der Waals surface area contributed by atoms with Gasteiger partial charge >= 0.3 is 0 Å². The molecule has 6 heteroatoms. The smallest absolute Gasteiger partial charge is 0.244 e. The molecule has 2 heterocycles. The second-order valence-corrected chi connectivity index (χ2v) is 8.05. The first-order valence-corrected chi connectivity index (χ1v) is 10.9. The molecule has 0 fully saturated rings. The van der Waals surface area contributed by atoms with Crippen molar-refractivity contribution < 1.29 is 13.9 Å². The van der Waals surface area contributed by atoms with E-state index in [1.165, 1.54) is 11.6 Å². The number of aryl methyl sites for hydroxylation is 2. The van der Waals surface area contributed by atoms with Crippen molar-refractivity contribution in [2.45, 2.75) is 33.2 Å². The molecule has 0 N–H and O–H groups in total. The van der Waals surface area contributed by atoms with Crippen LogP contribution in [0.4, 0.5) is 4.39 Å². The van der Waals surface area contributed by atoms with Gasteiger partial charge in [-0.15, -0.1) is 0 Å². The van der Waals surface area contributed by atoms with Crippen LogP contribution in [0, 0.1) is 12.7 Å². The van der Waals surface area contributed by atoms with E-state index in [0.717, 1.165) is 41.1 Å². The summed E-state index contributed by atoms with van der Waals surface area (Å²) in [6, 6.07) is 15.0. The number of benzene rings is 2. The average Bonchev–Trinajstić information content (AvgIpc) is 3.23. The van der Waals surface area contributed by atoms with Gasteiger partial charge in [0, 0.05) is 24.3 Å². The number of methoxy groups -OCH3 is 1. The zero-order valence-corrected chi connectivity index (χ0v) is 18.8. The Bertz CT molecular complexity index is 1170. The first-order chi connectivity index (χ1) is 15.5. The van der Waals surface area contributed by atoms with Crippen molar-refractivity contribution in [3.8, 4) is 17.0 Å². The molecule has 4 rings (SSSR count). The molecule has 0 saturated carbocycles. The summed E-state index contributed by atoms with van der Waals surface area (Å²) in [6.07, 6.45) is 3.69. The summed E-state index contributed by atoms with van der Waals surface area (Å²) in [5.41, 5.74) is 5.55. The molecule has 0 bridgehead atoms. The predicted octanol–water partition coefficient (Wildman–Crippen LogP) is 4.88. The van der Waals surface area contributed by atoms with Crippen LogP contribution in [0.5, 0.6) is 5.75 Å². The Balaban J connectivity index is 1.46. The molecule has 5 nitrogen and oxygen atoms in total. The molecule has 3 aromatic rings. The lowest BCUT2D eigenvalue weighted by Crippen LogP contribution is -2.37. The van der Waals surface area contributed by atoms with Crippen molar-refractivity contribution in [3.63, 3.8) is 0 Å². The van der Waals surface area contributed by atoms with Gasteiger partial charge in [0.1, 0.15) is 18.1 Å². The normalized spacial score (nSPS) is 13.8. The van der Waals surface area contributed by atoms with Crippen LogP contribution in [0.15, 0.2) is 54.6 Å². The lowest BCUT2D eigenvalue weighted by Gasteiger charge is -2.27. The van der Waals surface area contributed by atoms with Crippen molar-refractivity contribution in [3.05, 3.63) is 77.2 Å². The van der Waals surface area contributed by atoms with Crippen molar-refractivity contribution in [2.24, 2.45) is 0 Å². The van der Waals surface area contributed by atoms with Gasteiger partial charge in [0.25, 0.3) is 0 Å².